The van der Waals surface area contributed by atoms with Crippen LogP contribution in [0.3, 0.4) is 0 Å². The number of hydrogen-bond donors (Lipinski definition) is 0. The summed E-state index contributed by atoms with van der Waals surface area (Å²) < 4.78 is 43.1. The number of benzene rings is 1. The lowest BCUT2D eigenvalue weighted by Gasteiger charge is -2.10. The fourth-order valence-electron chi connectivity index (χ4n) is 1.27. The standard InChI is InChI=1S/C12H10BrF3O2/c1-2-18-11(17)6-4-8-3-5-9(13)7-10(8)12(14,15)16/h3-7H,2H2,1H3. The van der Waals surface area contributed by atoms with Crippen LogP contribution in [0.25, 0.3) is 6.08 Å². The molecule has 0 spiro atoms. The van der Waals surface area contributed by atoms with Gasteiger partial charge in [-0.2, -0.15) is 13.2 Å². The smallest absolute Gasteiger partial charge is 0.417 e. The monoisotopic (exact) mass is 322 g/mol. The van der Waals surface area contributed by atoms with Crippen molar-refractivity contribution in [1.29, 1.82) is 0 Å². The molecule has 0 radical (unpaired) electrons. The van der Waals surface area contributed by atoms with E-state index in [-0.39, 0.29) is 12.2 Å². The average Bonchev–Trinajstić information content (AvgIpc) is 2.26. The molecule has 0 aromatic heterocycles. The molecule has 0 heterocycles. The van der Waals surface area contributed by atoms with Crippen molar-refractivity contribution in [2.45, 2.75) is 13.1 Å². The lowest BCUT2D eigenvalue weighted by molar-refractivity contribution is -0.138. The number of alkyl halides is 3. The van der Waals surface area contributed by atoms with Crippen molar-refractivity contribution >= 4 is 28.0 Å². The van der Waals surface area contributed by atoms with Crippen LogP contribution in [-0.2, 0) is 15.7 Å². The predicted molar refractivity (Wildman–Crippen MR) is 64.8 cm³/mol. The van der Waals surface area contributed by atoms with Gasteiger partial charge in [0.05, 0.1) is 12.2 Å². The van der Waals surface area contributed by atoms with Gasteiger partial charge in [0.2, 0.25) is 0 Å². The number of hydrogen-bond acceptors (Lipinski definition) is 2. The van der Waals surface area contributed by atoms with Gasteiger partial charge in [-0.3, -0.25) is 0 Å². The largest absolute Gasteiger partial charge is 0.463 e. The van der Waals surface area contributed by atoms with Crippen LogP contribution in [0.1, 0.15) is 18.1 Å². The van der Waals surface area contributed by atoms with Crippen LogP contribution in [0.5, 0.6) is 0 Å². The Morgan fingerprint density at radius 2 is 2.11 bits per heavy atom. The second-order valence-electron chi connectivity index (χ2n) is 3.31. The summed E-state index contributed by atoms with van der Waals surface area (Å²) in [5.41, 5.74) is -0.892. The highest BCUT2D eigenvalue weighted by Gasteiger charge is 2.32. The van der Waals surface area contributed by atoms with Crippen molar-refractivity contribution in [2.75, 3.05) is 6.61 Å². The first-order valence-corrected chi connectivity index (χ1v) is 5.85. The van der Waals surface area contributed by atoms with Crippen molar-refractivity contribution in [2.24, 2.45) is 0 Å². The zero-order valence-corrected chi connectivity index (χ0v) is 11.0. The minimum absolute atomic E-state index is 0.0845. The summed E-state index contributed by atoms with van der Waals surface area (Å²) >= 11 is 2.98. The number of esters is 1. The van der Waals surface area contributed by atoms with Crippen molar-refractivity contribution in [3.8, 4) is 0 Å². The molecule has 1 aromatic carbocycles. The first-order valence-electron chi connectivity index (χ1n) is 5.06. The van der Waals surface area contributed by atoms with Crippen LogP contribution in [0.4, 0.5) is 13.2 Å². The number of halogens is 4. The van der Waals surface area contributed by atoms with Gasteiger partial charge >= 0.3 is 12.1 Å². The third-order valence-electron chi connectivity index (χ3n) is 2.01. The van der Waals surface area contributed by atoms with E-state index in [0.717, 1.165) is 18.2 Å². The summed E-state index contributed by atoms with van der Waals surface area (Å²) in [6, 6.07) is 3.72. The van der Waals surface area contributed by atoms with Crippen LogP contribution in [-0.4, -0.2) is 12.6 Å². The quantitative estimate of drug-likeness (QED) is 0.620. The molecule has 0 unspecified atom stereocenters. The highest BCUT2D eigenvalue weighted by atomic mass is 79.9. The molecule has 0 N–H and O–H groups in total. The number of rotatable bonds is 3. The Labute approximate surface area is 111 Å². The predicted octanol–water partition coefficient (Wildman–Crippen LogP) is 4.04. The zero-order chi connectivity index (χ0) is 13.8. The maximum atomic E-state index is 12.7. The molecule has 0 amide bonds. The molecule has 0 bridgehead atoms. The van der Waals surface area contributed by atoms with Gasteiger partial charge in [0, 0.05) is 10.5 Å². The van der Waals surface area contributed by atoms with E-state index >= 15 is 0 Å². The molecule has 1 aromatic rings. The van der Waals surface area contributed by atoms with Crippen LogP contribution >= 0.6 is 15.9 Å². The Bertz CT molecular complexity index is 467. The van der Waals surface area contributed by atoms with E-state index in [1.54, 1.807) is 6.92 Å². The molecule has 0 aliphatic carbocycles. The van der Waals surface area contributed by atoms with Crippen molar-refractivity contribution in [1.82, 2.24) is 0 Å². The molecule has 2 nitrogen and oxygen atoms in total. The van der Waals surface area contributed by atoms with Crippen LogP contribution in [0.2, 0.25) is 0 Å². The van der Waals surface area contributed by atoms with E-state index in [0.29, 0.717) is 4.47 Å². The van der Waals surface area contributed by atoms with E-state index in [1.807, 2.05) is 0 Å². The fraction of sp³-hybridized carbons (Fsp3) is 0.250. The average molecular weight is 323 g/mol. The van der Waals surface area contributed by atoms with Crippen LogP contribution in [0, 0.1) is 0 Å². The van der Waals surface area contributed by atoms with Crippen LogP contribution < -0.4 is 0 Å². The second-order valence-corrected chi connectivity index (χ2v) is 4.23. The summed E-state index contributed by atoms with van der Waals surface area (Å²) in [6.07, 6.45) is -2.41. The second kappa shape index (κ2) is 6.04. The van der Waals surface area contributed by atoms with Gasteiger partial charge in [-0.15, -0.1) is 0 Å². The van der Waals surface area contributed by atoms with E-state index < -0.39 is 17.7 Å². The van der Waals surface area contributed by atoms with Gasteiger partial charge in [0.25, 0.3) is 0 Å². The summed E-state index contributed by atoms with van der Waals surface area (Å²) in [4.78, 5) is 11.0. The molecular weight excluding hydrogens is 313 g/mol. The molecular formula is C12H10BrF3O2. The molecule has 0 aliphatic heterocycles. The maximum Gasteiger partial charge on any atom is 0.417 e. The summed E-state index contributed by atoms with van der Waals surface area (Å²) in [6.45, 7) is 1.79. The summed E-state index contributed by atoms with van der Waals surface area (Å²) in [5.74, 6) is -0.673. The Hall–Kier alpha value is -1.30. The Morgan fingerprint density at radius 1 is 1.44 bits per heavy atom. The minimum atomic E-state index is -4.47. The van der Waals surface area contributed by atoms with Crippen molar-refractivity contribution in [3.05, 3.63) is 39.9 Å². The van der Waals surface area contributed by atoms with Gasteiger partial charge < -0.3 is 4.74 Å². The maximum absolute atomic E-state index is 12.7. The van der Waals surface area contributed by atoms with Crippen molar-refractivity contribution in [3.63, 3.8) is 0 Å². The summed E-state index contributed by atoms with van der Waals surface area (Å²) in [7, 11) is 0. The summed E-state index contributed by atoms with van der Waals surface area (Å²) in [5, 5.41) is 0. The molecule has 0 fully saturated rings. The van der Waals surface area contributed by atoms with E-state index in [9.17, 15) is 18.0 Å². The Kier molecular flexibility index (Phi) is 4.95. The molecule has 0 saturated heterocycles. The van der Waals surface area contributed by atoms with Gasteiger partial charge in [0.15, 0.2) is 0 Å². The molecule has 18 heavy (non-hydrogen) atoms. The van der Waals surface area contributed by atoms with E-state index in [1.165, 1.54) is 12.1 Å². The molecule has 1 rings (SSSR count). The lowest BCUT2D eigenvalue weighted by atomic mass is 10.1. The topological polar surface area (TPSA) is 26.3 Å². The van der Waals surface area contributed by atoms with Gasteiger partial charge in [0.1, 0.15) is 0 Å². The molecule has 0 atom stereocenters. The lowest BCUT2D eigenvalue weighted by Crippen LogP contribution is -2.07. The zero-order valence-electron chi connectivity index (χ0n) is 9.42. The Balaban J connectivity index is 3.06. The molecule has 98 valence electrons. The van der Waals surface area contributed by atoms with Crippen molar-refractivity contribution < 1.29 is 22.7 Å². The van der Waals surface area contributed by atoms with Gasteiger partial charge in [-0.25, -0.2) is 4.79 Å². The SMILES string of the molecule is CCOC(=O)C=Cc1ccc(Br)cc1C(F)(F)F. The van der Waals surface area contributed by atoms with Gasteiger partial charge in [-0.1, -0.05) is 22.0 Å². The number of carbonyl (C=O) groups excluding carboxylic acids is 1. The fourth-order valence-corrected chi connectivity index (χ4v) is 1.63. The third-order valence-corrected chi connectivity index (χ3v) is 2.50. The normalized spacial score (nSPS) is 11.8. The molecule has 6 heteroatoms. The van der Waals surface area contributed by atoms with E-state index in [4.69, 9.17) is 0 Å². The first-order chi connectivity index (χ1) is 8.34. The molecule has 0 aliphatic rings. The molecule has 0 saturated carbocycles. The number of ether oxygens (including phenoxy) is 1. The van der Waals surface area contributed by atoms with Gasteiger partial charge in [-0.05, 0) is 30.7 Å². The van der Waals surface area contributed by atoms with E-state index in [2.05, 4.69) is 20.7 Å². The Morgan fingerprint density at radius 3 is 2.67 bits per heavy atom. The number of carbonyl (C=O) groups is 1. The third kappa shape index (κ3) is 4.18. The minimum Gasteiger partial charge on any atom is -0.463 e. The first kappa shape index (κ1) is 14.8. The van der Waals surface area contributed by atoms with Crippen LogP contribution in [0.15, 0.2) is 28.7 Å². The highest BCUT2D eigenvalue weighted by molar-refractivity contribution is 9.10. The highest BCUT2D eigenvalue weighted by Crippen LogP contribution is 2.34.